The van der Waals surface area contributed by atoms with Crippen molar-refractivity contribution in [3.8, 4) is 0 Å². The lowest BCUT2D eigenvalue weighted by Crippen LogP contribution is -2.58. The predicted molar refractivity (Wildman–Crippen MR) is 91.0 cm³/mol. The fourth-order valence-electron chi connectivity index (χ4n) is 2.98. The number of carbonyl (C=O) groups is 2. The fraction of sp³-hybridized carbons (Fsp3) is 0.235. The van der Waals surface area contributed by atoms with Gasteiger partial charge in [-0.15, -0.1) is 11.3 Å². The van der Waals surface area contributed by atoms with Crippen molar-refractivity contribution >= 4 is 28.1 Å². The van der Waals surface area contributed by atoms with E-state index in [1.165, 1.54) is 11.3 Å². The van der Waals surface area contributed by atoms with Crippen LogP contribution in [0, 0.1) is 0 Å². The second kappa shape index (κ2) is 6.09. The smallest absolute Gasteiger partial charge is 0.274 e. The minimum Gasteiger partial charge on any atom is -0.353 e. The van der Waals surface area contributed by atoms with E-state index >= 15 is 0 Å². The van der Waals surface area contributed by atoms with Crippen LogP contribution in [0.15, 0.2) is 48.1 Å². The average molecular weight is 340 g/mol. The third-order valence-electron chi connectivity index (χ3n) is 4.18. The maximum atomic E-state index is 12.9. The molecule has 6 nitrogen and oxygen atoms in total. The van der Waals surface area contributed by atoms with Gasteiger partial charge < -0.3 is 10.2 Å². The van der Waals surface area contributed by atoms with Gasteiger partial charge in [-0.25, -0.2) is 4.98 Å². The van der Waals surface area contributed by atoms with Gasteiger partial charge in [0.2, 0.25) is 5.91 Å². The number of thiazole rings is 1. The number of benzene rings is 1. The van der Waals surface area contributed by atoms with Gasteiger partial charge in [0.05, 0.1) is 0 Å². The molecule has 1 N–H and O–H groups in total. The molecule has 0 radical (unpaired) electrons. The summed E-state index contributed by atoms with van der Waals surface area (Å²) in [5.41, 5.74) is 1.41. The first kappa shape index (κ1) is 14.9. The van der Waals surface area contributed by atoms with E-state index in [1.54, 1.807) is 11.1 Å². The van der Waals surface area contributed by atoms with Crippen LogP contribution in [-0.2, 0) is 11.2 Å². The first-order valence-corrected chi connectivity index (χ1v) is 8.65. The summed E-state index contributed by atoms with van der Waals surface area (Å²) in [5.74, 6) is -0.304. The number of rotatable bonds is 3. The Morgan fingerprint density at radius 2 is 2.17 bits per heavy atom. The Hall–Kier alpha value is -2.67. The van der Waals surface area contributed by atoms with Crippen molar-refractivity contribution in [3.63, 3.8) is 0 Å². The molecular formula is C17H16N4O2S. The third kappa shape index (κ3) is 2.67. The number of hydrogen-bond donors (Lipinski definition) is 1. The van der Waals surface area contributed by atoms with Crippen LogP contribution in [0.25, 0.3) is 4.96 Å². The largest absolute Gasteiger partial charge is 0.353 e. The number of imidazole rings is 1. The number of hydrogen-bond acceptors (Lipinski definition) is 4. The van der Waals surface area contributed by atoms with E-state index < -0.39 is 6.04 Å². The van der Waals surface area contributed by atoms with Crippen molar-refractivity contribution in [1.29, 1.82) is 0 Å². The van der Waals surface area contributed by atoms with Crippen molar-refractivity contribution in [3.05, 3.63) is 59.4 Å². The lowest BCUT2D eigenvalue weighted by atomic mass is 10.0. The summed E-state index contributed by atoms with van der Waals surface area (Å²) in [6, 6.07) is 9.24. The first-order chi connectivity index (χ1) is 11.7. The molecule has 24 heavy (non-hydrogen) atoms. The molecule has 2 aromatic heterocycles. The maximum absolute atomic E-state index is 12.9. The quantitative estimate of drug-likeness (QED) is 0.787. The average Bonchev–Trinajstić information content (AvgIpc) is 3.19. The van der Waals surface area contributed by atoms with Crippen LogP contribution in [0.1, 0.15) is 16.1 Å². The standard InChI is InChI=1S/C17H16N4O2S/c22-15-14(10-12-4-2-1-3-5-12)21(7-6-18-15)16(23)13-11-20-8-9-24-17(20)19-13/h1-5,8-9,11,14H,6-7,10H2,(H,18,22)/t14-/m1/s1. The summed E-state index contributed by atoms with van der Waals surface area (Å²) in [6.07, 6.45) is 4.09. The molecule has 1 aliphatic heterocycles. The Morgan fingerprint density at radius 1 is 1.33 bits per heavy atom. The fourth-order valence-corrected chi connectivity index (χ4v) is 3.68. The Bertz CT molecular complexity index is 858. The summed E-state index contributed by atoms with van der Waals surface area (Å²) >= 11 is 1.48. The van der Waals surface area contributed by atoms with Gasteiger partial charge in [0.1, 0.15) is 11.7 Å². The van der Waals surface area contributed by atoms with Gasteiger partial charge in [-0.05, 0) is 5.56 Å². The second-order valence-corrected chi connectivity index (χ2v) is 6.59. The van der Waals surface area contributed by atoms with E-state index in [0.29, 0.717) is 25.2 Å². The molecule has 1 aliphatic rings. The van der Waals surface area contributed by atoms with Crippen LogP contribution in [0.3, 0.4) is 0 Å². The summed E-state index contributed by atoms with van der Waals surface area (Å²) in [4.78, 5) is 32.0. The number of aromatic nitrogens is 2. The highest BCUT2D eigenvalue weighted by molar-refractivity contribution is 7.15. The Labute approximate surface area is 142 Å². The molecule has 1 fully saturated rings. The van der Waals surface area contributed by atoms with Gasteiger partial charge in [-0.1, -0.05) is 30.3 Å². The summed E-state index contributed by atoms with van der Waals surface area (Å²) < 4.78 is 1.83. The molecule has 0 spiro atoms. The van der Waals surface area contributed by atoms with E-state index in [4.69, 9.17) is 0 Å². The van der Waals surface area contributed by atoms with Crippen molar-refractivity contribution in [2.75, 3.05) is 13.1 Å². The number of fused-ring (bicyclic) bond motifs is 1. The highest BCUT2D eigenvalue weighted by Crippen LogP contribution is 2.17. The monoisotopic (exact) mass is 340 g/mol. The van der Waals surface area contributed by atoms with Gasteiger partial charge in [0.15, 0.2) is 4.96 Å². The normalized spacial score (nSPS) is 17.9. The molecule has 1 saturated heterocycles. The molecule has 0 bridgehead atoms. The van der Waals surface area contributed by atoms with Crippen LogP contribution in [0.4, 0.5) is 0 Å². The van der Waals surface area contributed by atoms with E-state index in [-0.39, 0.29) is 11.8 Å². The van der Waals surface area contributed by atoms with Crippen molar-refractivity contribution < 1.29 is 9.59 Å². The molecule has 0 aliphatic carbocycles. The van der Waals surface area contributed by atoms with Gasteiger partial charge >= 0.3 is 0 Å². The van der Waals surface area contributed by atoms with E-state index in [2.05, 4.69) is 10.3 Å². The van der Waals surface area contributed by atoms with Gasteiger partial charge in [0.25, 0.3) is 5.91 Å². The third-order valence-corrected chi connectivity index (χ3v) is 4.95. The van der Waals surface area contributed by atoms with Crippen LogP contribution in [0.2, 0.25) is 0 Å². The molecule has 1 atom stereocenters. The predicted octanol–water partition coefficient (Wildman–Crippen LogP) is 1.58. The highest BCUT2D eigenvalue weighted by Gasteiger charge is 2.34. The summed E-state index contributed by atoms with van der Waals surface area (Å²) in [6.45, 7) is 0.964. The lowest BCUT2D eigenvalue weighted by molar-refractivity contribution is -0.127. The van der Waals surface area contributed by atoms with Gasteiger partial charge in [-0.2, -0.15) is 0 Å². The first-order valence-electron chi connectivity index (χ1n) is 7.77. The topological polar surface area (TPSA) is 66.7 Å². The Morgan fingerprint density at radius 3 is 2.96 bits per heavy atom. The molecule has 3 heterocycles. The number of amides is 2. The number of nitrogens with one attached hydrogen (secondary N) is 1. The Kier molecular flexibility index (Phi) is 3.78. The molecule has 0 saturated carbocycles. The van der Waals surface area contributed by atoms with Crippen LogP contribution >= 0.6 is 11.3 Å². The van der Waals surface area contributed by atoms with Gasteiger partial charge in [0, 0.05) is 37.3 Å². The molecule has 1 aromatic carbocycles. The zero-order valence-electron chi connectivity index (χ0n) is 12.9. The Balaban J connectivity index is 1.61. The van der Waals surface area contributed by atoms with Crippen LogP contribution in [-0.4, -0.2) is 45.2 Å². The highest BCUT2D eigenvalue weighted by atomic mass is 32.1. The number of piperazine rings is 1. The van der Waals surface area contributed by atoms with Crippen LogP contribution < -0.4 is 5.32 Å². The maximum Gasteiger partial charge on any atom is 0.274 e. The molecule has 3 aromatic rings. The SMILES string of the molecule is O=C1NCCN(C(=O)c2cn3ccsc3n2)[C@@H]1Cc1ccccc1. The van der Waals surface area contributed by atoms with Crippen LogP contribution in [0.5, 0.6) is 0 Å². The summed E-state index contributed by atoms with van der Waals surface area (Å²) in [5, 5.41) is 4.77. The van der Waals surface area contributed by atoms with Crippen molar-refractivity contribution in [1.82, 2.24) is 19.6 Å². The zero-order valence-corrected chi connectivity index (χ0v) is 13.7. The molecule has 7 heteroatoms. The zero-order chi connectivity index (χ0) is 16.5. The van der Waals surface area contributed by atoms with Crippen molar-refractivity contribution in [2.24, 2.45) is 0 Å². The molecule has 4 rings (SSSR count). The van der Waals surface area contributed by atoms with E-state index in [1.807, 2.05) is 46.3 Å². The lowest BCUT2D eigenvalue weighted by Gasteiger charge is -2.34. The van der Waals surface area contributed by atoms with Crippen molar-refractivity contribution in [2.45, 2.75) is 12.5 Å². The minimum atomic E-state index is -0.506. The number of carbonyl (C=O) groups excluding carboxylic acids is 2. The second-order valence-electron chi connectivity index (χ2n) is 5.71. The molecular weight excluding hydrogens is 324 g/mol. The van der Waals surface area contributed by atoms with E-state index in [0.717, 1.165) is 10.5 Å². The molecule has 2 amide bonds. The van der Waals surface area contributed by atoms with E-state index in [9.17, 15) is 9.59 Å². The number of nitrogens with zero attached hydrogens (tertiary/aromatic N) is 3. The minimum absolute atomic E-state index is 0.112. The molecule has 122 valence electrons. The summed E-state index contributed by atoms with van der Waals surface area (Å²) in [7, 11) is 0. The molecule has 0 unspecified atom stereocenters. The van der Waals surface area contributed by atoms with Gasteiger partial charge in [-0.3, -0.25) is 14.0 Å².